The van der Waals surface area contributed by atoms with Gasteiger partial charge in [0, 0.05) is 13.1 Å². The van der Waals surface area contributed by atoms with Gasteiger partial charge in [-0.25, -0.2) is 4.79 Å². The zero-order valence-electron chi connectivity index (χ0n) is 35.2. The molecule has 0 aromatic heterocycles. The summed E-state index contributed by atoms with van der Waals surface area (Å²) < 4.78 is 11.4. The summed E-state index contributed by atoms with van der Waals surface area (Å²) in [4.78, 5) is 68.5. The highest BCUT2D eigenvalue weighted by atomic mass is 16.5. The maximum Gasteiger partial charge on any atom is 0.328 e. The van der Waals surface area contributed by atoms with E-state index in [1.165, 1.54) is 83.1 Å². The highest BCUT2D eigenvalue weighted by molar-refractivity contribution is 5.98. The minimum atomic E-state index is -1.01. The second-order valence-corrected chi connectivity index (χ2v) is 15.8. The number of hydrogen-bond donors (Lipinski definition) is 5. The molecule has 0 bridgehead atoms. The molecule has 4 unspecified atom stereocenters. The van der Waals surface area contributed by atoms with Crippen molar-refractivity contribution in [2.24, 2.45) is 10.9 Å². The third kappa shape index (κ3) is 19.8. The number of allylic oxidation sites excluding steroid dienone is 1. The van der Waals surface area contributed by atoms with Crippen LogP contribution in [0.1, 0.15) is 154 Å². The predicted octanol–water partition coefficient (Wildman–Crippen LogP) is 6.70. The fraction of sp³-hybridized carbons (Fsp3) is 0.689. The third-order valence-corrected chi connectivity index (χ3v) is 10.6. The van der Waals surface area contributed by atoms with Crippen LogP contribution in [0.4, 0.5) is 0 Å². The molecule has 4 amide bonds. The van der Waals surface area contributed by atoms with Gasteiger partial charge in [0.05, 0.1) is 24.4 Å². The Labute approximate surface area is 346 Å². The normalized spacial score (nSPS) is 17.9. The number of aromatic hydroxyl groups is 1. The molecule has 2 aliphatic heterocycles. The van der Waals surface area contributed by atoms with Crippen molar-refractivity contribution in [3.05, 3.63) is 42.0 Å². The first-order valence-electron chi connectivity index (χ1n) is 22.2. The van der Waals surface area contributed by atoms with Gasteiger partial charge in [-0.3, -0.25) is 24.2 Å². The standard InChI is InChI=1S/C45H71N5O8/c1-3-4-5-6-7-8-9-10-11-12-13-14-15-16-17-28-40(52)46-29-22-21-26-38(45(56)58-34(2)31-41(53)49-37-25-20-23-30-47-43(37)55)50-42(54)35-32-48-44(57-33-35)36-24-18-19-27-39(36)51/h17-19,24,27-28,34-35,37-38,51H,3-16,20-23,25-26,29-33H2,1-2H3,(H,46,52)(H,47,55)(H,49,53)(H,50,54)/b28-17-. The second-order valence-electron chi connectivity index (χ2n) is 15.8. The Morgan fingerprint density at radius 3 is 2.31 bits per heavy atom. The molecule has 324 valence electrons. The molecule has 0 aliphatic carbocycles. The summed E-state index contributed by atoms with van der Waals surface area (Å²) in [6, 6.07) is 5.00. The number of nitrogens with one attached hydrogen (secondary N) is 4. The lowest BCUT2D eigenvalue weighted by molar-refractivity contribution is -0.154. The van der Waals surface area contributed by atoms with Crippen molar-refractivity contribution in [2.45, 2.75) is 167 Å². The maximum absolute atomic E-state index is 13.4. The molecule has 1 aromatic rings. The zero-order chi connectivity index (χ0) is 41.8. The molecule has 58 heavy (non-hydrogen) atoms. The molecule has 2 heterocycles. The molecule has 2 aliphatic rings. The maximum atomic E-state index is 13.4. The van der Waals surface area contributed by atoms with Gasteiger partial charge >= 0.3 is 5.97 Å². The number of phenols is 1. The van der Waals surface area contributed by atoms with Crippen LogP contribution in [0.2, 0.25) is 0 Å². The van der Waals surface area contributed by atoms with Crippen molar-refractivity contribution in [1.82, 2.24) is 21.3 Å². The number of carbonyl (C=O) groups excluding carboxylic acids is 5. The van der Waals surface area contributed by atoms with E-state index in [0.29, 0.717) is 37.9 Å². The van der Waals surface area contributed by atoms with Gasteiger partial charge in [0.1, 0.15) is 30.5 Å². The monoisotopic (exact) mass is 810 g/mol. The van der Waals surface area contributed by atoms with E-state index in [0.717, 1.165) is 25.7 Å². The van der Waals surface area contributed by atoms with Gasteiger partial charge < -0.3 is 35.8 Å². The Balaban J connectivity index is 1.39. The number of carbonyl (C=O) groups is 5. The van der Waals surface area contributed by atoms with E-state index in [2.05, 4.69) is 33.2 Å². The number of ether oxygens (including phenoxy) is 2. The lowest BCUT2D eigenvalue weighted by Crippen LogP contribution is -2.48. The molecule has 1 fully saturated rings. The Morgan fingerprint density at radius 1 is 0.948 bits per heavy atom. The smallest absolute Gasteiger partial charge is 0.328 e. The number of aliphatic imine (C=N–C) groups is 1. The van der Waals surface area contributed by atoms with Crippen molar-refractivity contribution in [3.8, 4) is 5.75 Å². The van der Waals surface area contributed by atoms with Crippen LogP contribution in [0, 0.1) is 5.92 Å². The molecule has 1 aromatic carbocycles. The van der Waals surface area contributed by atoms with Crippen LogP contribution in [0.5, 0.6) is 5.75 Å². The van der Waals surface area contributed by atoms with Crippen molar-refractivity contribution in [2.75, 3.05) is 26.2 Å². The summed E-state index contributed by atoms with van der Waals surface area (Å²) in [6.45, 7) is 4.93. The second kappa shape index (κ2) is 28.9. The zero-order valence-corrected chi connectivity index (χ0v) is 35.2. The van der Waals surface area contributed by atoms with Crippen LogP contribution < -0.4 is 21.3 Å². The van der Waals surface area contributed by atoms with E-state index in [4.69, 9.17) is 9.47 Å². The van der Waals surface area contributed by atoms with Gasteiger partial charge in [0.2, 0.25) is 29.5 Å². The van der Waals surface area contributed by atoms with Crippen LogP contribution in [0.25, 0.3) is 0 Å². The van der Waals surface area contributed by atoms with Gasteiger partial charge in [-0.05, 0) is 76.5 Å². The topological polar surface area (TPSA) is 185 Å². The molecule has 13 heteroatoms. The minimum absolute atomic E-state index is 0.00495. The Morgan fingerprint density at radius 2 is 1.64 bits per heavy atom. The molecule has 3 rings (SSSR count). The fourth-order valence-corrected chi connectivity index (χ4v) is 7.11. The van der Waals surface area contributed by atoms with Gasteiger partial charge in [0.15, 0.2) is 0 Å². The summed E-state index contributed by atoms with van der Waals surface area (Å²) in [5.41, 5.74) is 0.429. The van der Waals surface area contributed by atoms with Gasteiger partial charge in [-0.2, -0.15) is 0 Å². The average molecular weight is 810 g/mol. The largest absolute Gasteiger partial charge is 0.507 e. The van der Waals surface area contributed by atoms with E-state index in [9.17, 15) is 29.1 Å². The summed E-state index contributed by atoms with van der Waals surface area (Å²) >= 11 is 0. The molecule has 5 N–H and O–H groups in total. The van der Waals surface area contributed by atoms with Crippen LogP contribution in [-0.2, 0) is 33.4 Å². The van der Waals surface area contributed by atoms with Gasteiger partial charge in [-0.15, -0.1) is 0 Å². The lowest BCUT2D eigenvalue weighted by Gasteiger charge is -2.25. The summed E-state index contributed by atoms with van der Waals surface area (Å²) in [5, 5.41) is 21.4. The van der Waals surface area contributed by atoms with E-state index in [1.807, 2.05) is 6.08 Å². The number of phenolic OH excluding ortho intramolecular Hbond substituents is 1. The molecular formula is C45H71N5O8. The molecule has 0 spiro atoms. The van der Waals surface area contributed by atoms with Crippen molar-refractivity contribution < 1.29 is 38.6 Å². The Hall–Kier alpha value is -4.42. The summed E-state index contributed by atoms with van der Waals surface area (Å²) in [6.07, 6.45) is 23.9. The highest BCUT2D eigenvalue weighted by Crippen LogP contribution is 2.21. The van der Waals surface area contributed by atoms with Crippen LogP contribution in [-0.4, -0.2) is 85.0 Å². The predicted molar refractivity (Wildman–Crippen MR) is 226 cm³/mol. The van der Waals surface area contributed by atoms with Gasteiger partial charge in [0.25, 0.3) is 0 Å². The SMILES string of the molecule is CCCCCCCCCCCCCCC/C=C\C(=O)NCCCCC(NC(=O)C1CN=C(c2ccccc2O)OC1)C(=O)OC(C)CC(=O)NC1CCCCNC1=O. The summed E-state index contributed by atoms with van der Waals surface area (Å²) in [5.74, 6) is -2.33. The Kier molecular flexibility index (Phi) is 23.9. The quantitative estimate of drug-likeness (QED) is 0.0352. The van der Waals surface area contributed by atoms with Crippen molar-refractivity contribution in [3.63, 3.8) is 0 Å². The van der Waals surface area contributed by atoms with Crippen LogP contribution in [0.3, 0.4) is 0 Å². The number of esters is 1. The number of rotatable bonds is 28. The average Bonchev–Trinajstić information content (AvgIpc) is 3.41. The number of benzene rings is 1. The third-order valence-electron chi connectivity index (χ3n) is 10.6. The molecule has 13 nitrogen and oxygen atoms in total. The lowest BCUT2D eigenvalue weighted by atomic mass is 10.0. The van der Waals surface area contributed by atoms with Crippen LogP contribution >= 0.6 is 0 Å². The molecule has 1 saturated heterocycles. The molecule has 4 atom stereocenters. The molecule has 0 saturated carbocycles. The number of para-hydroxylation sites is 1. The summed E-state index contributed by atoms with van der Waals surface area (Å²) in [7, 11) is 0. The van der Waals surface area contributed by atoms with E-state index < -0.39 is 41.9 Å². The number of nitrogens with zero attached hydrogens (tertiary/aromatic N) is 1. The van der Waals surface area contributed by atoms with E-state index >= 15 is 0 Å². The first-order chi connectivity index (χ1) is 28.2. The van der Waals surface area contributed by atoms with Crippen LogP contribution in [0.15, 0.2) is 41.4 Å². The Bertz CT molecular complexity index is 1470. The van der Waals surface area contributed by atoms with Crippen molar-refractivity contribution >= 4 is 35.5 Å². The van der Waals surface area contributed by atoms with E-state index in [-0.39, 0.29) is 49.5 Å². The first-order valence-corrected chi connectivity index (χ1v) is 22.2. The number of unbranched alkanes of at least 4 members (excludes halogenated alkanes) is 14. The number of hydrogen-bond acceptors (Lipinski definition) is 9. The van der Waals surface area contributed by atoms with Gasteiger partial charge in [-0.1, -0.05) is 102 Å². The highest BCUT2D eigenvalue weighted by Gasteiger charge is 2.31. The number of amides is 4. The first kappa shape index (κ1) is 48.0. The molecular weight excluding hydrogens is 739 g/mol. The molecule has 0 radical (unpaired) electrons. The minimum Gasteiger partial charge on any atom is -0.507 e. The van der Waals surface area contributed by atoms with Crippen molar-refractivity contribution in [1.29, 1.82) is 0 Å². The fourth-order valence-electron chi connectivity index (χ4n) is 7.11. The van der Waals surface area contributed by atoms with E-state index in [1.54, 1.807) is 31.2 Å².